The van der Waals surface area contributed by atoms with Gasteiger partial charge in [0.25, 0.3) is 0 Å². The maximum Gasteiger partial charge on any atom is 0.325 e. The zero-order valence-corrected chi connectivity index (χ0v) is 21.8. The molecular formula is C28H36N6O4. The van der Waals surface area contributed by atoms with Gasteiger partial charge in [0.05, 0.1) is 47.7 Å². The second-order valence-electron chi connectivity index (χ2n) is 11.1. The van der Waals surface area contributed by atoms with E-state index in [9.17, 15) is 9.59 Å². The van der Waals surface area contributed by atoms with E-state index in [-0.39, 0.29) is 35.9 Å². The summed E-state index contributed by atoms with van der Waals surface area (Å²) >= 11 is 0. The molecule has 10 nitrogen and oxygen atoms in total. The summed E-state index contributed by atoms with van der Waals surface area (Å²) in [6.07, 6.45) is 13.2. The minimum Gasteiger partial charge on any atom is -0.368 e. The van der Waals surface area contributed by atoms with Crippen molar-refractivity contribution in [3.63, 3.8) is 0 Å². The smallest absolute Gasteiger partial charge is 0.325 e. The van der Waals surface area contributed by atoms with Crippen LogP contribution in [0.1, 0.15) is 51.4 Å². The lowest BCUT2D eigenvalue weighted by molar-refractivity contribution is -0.214. The van der Waals surface area contributed by atoms with E-state index in [2.05, 4.69) is 31.9 Å². The molecule has 0 saturated carbocycles. The molecule has 4 saturated heterocycles. The molecule has 0 radical (unpaired) electrons. The minimum absolute atomic E-state index is 0.0143. The van der Waals surface area contributed by atoms with Crippen LogP contribution in [0.3, 0.4) is 0 Å². The number of aromatic nitrogens is 2. The predicted octanol–water partition coefficient (Wildman–Crippen LogP) is 2.96. The van der Waals surface area contributed by atoms with Crippen molar-refractivity contribution in [3.8, 4) is 0 Å². The third-order valence-electron chi connectivity index (χ3n) is 8.71. The molecule has 2 aromatic heterocycles. The average Bonchev–Trinajstić information content (AvgIpc) is 3.74. The molecule has 0 bridgehead atoms. The highest BCUT2D eigenvalue weighted by atomic mass is 16.7. The van der Waals surface area contributed by atoms with Crippen molar-refractivity contribution in [2.75, 3.05) is 49.1 Å². The number of hydroxylamine groups is 4. The van der Waals surface area contributed by atoms with Gasteiger partial charge in [-0.1, -0.05) is 0 Å². The van der Waals surface area contributed by atoms with E-state index in [1.54, 1.807) is 12.4 Å². The van der Waals surface area contributed by atoms with Crippen molar-refractivity contribution >= 4 is 23.3 Å². The molecule has 2 aromatic rings. The van der Waals surface area contributed by atoms with Crippen LogP contribution in [0.25, 0.3) is 0 Å². The molecule has 2 atom stereocenters. The lowest BCUT2D eigenvalue weighted by atomic mass is 9.96. The molecule has 4 aliphatic rings. The third kappa shape index (κ3) is 4.94. The van der Waals surface area contributed by atoms with Crippen molar-refractivity contribution in [1.82, 2.24) is 20.1 Å². The highest BCUT2D eigenvalue weighted by molar-refractivity contribution is 5.77. The molecule has 38 heavy (non-hydrogen) atoms. The Balaban J connectivity index is 0.988. The Hall–Kier alpha value is -3.24. The van der Waals surface area contributed by atoms with Crippen LogP contribution < -0.4 is 9.80 Å². The molecule has 2 spiro atoms. The third-order valence-corrected chi connectivity index (χ3v) is 8.71. The summed E-state index contributed by atoms with van der Waals surface area (Å²) in [6.45, 7) is 4.87. The highest BCUT2D eigenvalue weighted by Crippen LogP contribution is 2.40. The molecule has 4 aliphatic heterocycles. The Bertz CT molecular complexity index is 1050. The maximum absolute atomic E-state index is 12.8. The van der Waals surface area contributed by atoms with E-state index in [4.69, 9.17) is 9.68 Å². The van der Waals surface area contributed by atoms with Gasteiger partial charge in [-0.3, -0.25) is 19.6 Å². The Kier molecular flexibility index (Phi) is 6.92. The SMILES string of the molecule is O=C(CCC(=O)ON1CCCC12CCN(c1cccnc1)C2)ON1CCCC12CCN(c1cccnc1)C2. The molecular weight excluding hydrogens is 484 g/mol. The minimum atomic E-state index is -0.372. The number of hydrogen-bond donors (Lipinski definition) is 0. The Morgan fingerprint density at radius 1 is 0.711 bits per heavy atom. The van der Waals surface area contributed by atoms with Crippen molar-refractivity contribution in [3.05, 3.63) is 49.1 Å². The molecule has 0 N–H and O–H groups in total. The fraction of sp³-hybridized carbons (Fsp3) is 0.571. The number of carbonyl (C=O) groups excluding carboxylic acids is 2. The second kappa shape index (κ2) is 10.5. The molecule has 6 heterocycles. The summed E-state index contributed by atoms with van der Waals surface area (Å²) in [5.41, 5.74) is 1.85. The first kappa shape index (κ1) is 25.1. The average molecular weight is 521 g/mol. The molecule has 4 fully saturated rings. The topological polar surface area (TPSA) is 91.3 Å². The summed E-state index contributed by atoms with van der Waals surface area (Å²) in [6, 6.07) is 8.02. The monoisotopic (exact) mass is 520 g/mol. The van der Waals surface area contributed by atoms with Crippen LogP contribution in [0.5, 0.6) is 0 Å². The molecule has 2 unspecified atom stereocenters. The van der Waals surface area contributed by atoms with Crippen molar-refractivity contribution in [2.24, 2.45) is 0 Å². The Labute approximate surface area is 223 Å². The first-order valence-electron chi connectivity index (χ1n) is 13.8. The van der Waals surface area contributed by atoms with Crippen molar-refractivity contribution in [1.29, 1.82) is 0 Å². The number of carbonyl (C=O) groups is 2. The lowest BCUT2D eigenvalue weighted by Crippen LogP contribution is -2.47. The molecule has 202 valence electrons. The number of pyridine rings is 2. The van der Waals surface area contributed by atoms with E-state index in [1.807, 2.05) is 34.7 Å². The summed E-state index contributed by atoms with van der Waals surface area (Å²) in [7, 11) is 0. The fourth-order valence-corrected chi connectivity index (χ4v) is 6.70. The zero-order chi connectivity index (χ0) is 26.0. The summed E-state index contributed by atoms with van der Waals surface area (Å²) in [4.78, 5) is 50.3. The maximum atomic E-state index is 12.8. The van der Waals surface area contributed by atoms with Crippen LogP contribution >= 0.6 is 0 Å². The fourth-order valence-electron chi connectivity index (χ4n) is 6.70. The summed E-state index contributed by atoms with van der Waals surface area (Å²) in [5, 5.41) is 3.75. The predicted molar refractivity (Wildman–Crippen MR) is 141 cm³/mol. The van der Waals surface area contributed by atoms with Gasteiger partial charge < -0.3 is 19.5 Å². The van der Waals surface area contributed by atoms with E-state index < -0.39 is 0 Å². The van der Waals surface area contributed by atoms with Gasteiger partial charge in [-0.05, 0) is 62.8 Å². The zero-order valence-electron chi connectivity index (χ0n) is 21.8. The largest absolute Gasteiger partial charge is 0.368 e. The van der Waals surface area contributed by atoms with Gasteiger partial charge in [0.1, 0.15) is 0 Å². The molecule has 6 rings (SSSR count). The molecule has 0 aliphatic carbocycles. The highest BCUT2D eigenvalue weighted by Gasteiger charge is 2.50. The Morgan fingerprint density at radius 2 is 1.18 bits per heavy atom. The van der Waals surface area contributed by atoms with Crippen LogP contribution in [0.4, 0.5) is 11.4 Å². The standard InChI is InChI=1S/C28H36N6O4/c35-25(37-33-15-3-9-27(33)11-17-31(21-27)23-5-1-13-29-19-23)7-8-26(36)38-34-16-4-10-28(34)12-18-32(22-28)24-6-2-14-30-20-24/h1-2,5-6,13-14,19-20H,3-4,7-12,15-18,21-22H2. The quantitative estimate of drug-likeness (QED) is 0.543. The first-order valence-corrected chi connectivity index (χ1v) is 13.8. The van der Waals surface area contributed by atoms with Crippen molar-refractivity contribution < 1.29 is 19.3 Å². The van der Waals surface area contributed by atoms with Gasteiger partial charge in [-0.15, -0.1) is 10.1 Å². The normalized spacial score (nSPS) is 27.6. The number of hydrogen-bond acceptors (Lipinski definition) is 10. The van der Waals surface area contributed by atoms with Crippen molar-refractivity contribution in [2.45, 2.75) is 62.4 Å². The summed E-state index contributed by atoms with van der Waals surface area (Å²) in [5.74, 6) is -0.745. The summed E-state index contributed by atoms with van der Waals surface area (Å²) < 4.78 is 0. The van der Waals surface area contributed by atoms with Crippen LogP contribution in [-0.4, -0.2) is 82.4 Å². The van der Waals surface area contributed by atoms with Gasteiger partial charge in [-0.2, -0.15) is 0 Å². The van der Waals surface area contributed by atoms with Crippen LogP contribution in [0.15, 0.2) is 49.1 Å². The molecule has 0 aromatic carbocycles. The van der Waals surface area contributed by atoms with Gasteiger partial charge >= 0.3 is 11.9 Å². The molecule has 10 heteroatoms. The van der Waals surface area contributed by atoms with E-state index >= 15 is 0 Å². The molecule has 0 amide bonds. The van der Waals surface area contributed by atoms with Crippen LogP contribution in [0, 0.1) is 0 Å². The Morgan fingerprint density at radius 3 is 1.61 bits per heavy atom. The number of rotatable bonds is 7. The lowest BCUT2D eigenvalue weighted by Gasteiger charge is -2.34. The van der Waals surface area contributed by atoms with Gasteiger partial charge in [0.15, 0.2) is 0 Å². The van der Waals surface area contributed by atoms with E-state index in [0.29, 0.717) is 0 Å². The second-order valence-corrected chi connectivity index (χ2v) is 11.1. The van der Waals surface area contributed by atoms with Crippen LogP contribution in [-0.2, 0) is 19.3 Å². The van der Waals surface area contributed by atoms with Gasteiger partial charge in [-0.25, -0.2) is 0 Å². The number of nitrogens with zero attached hydrogens (tertiary/aromatic N) is 6. The number of anilines is 2. The first-order chi connectivity index (χ1) is 18.6. The van der Waals surface area contributed by atoms with Gasteiger partial charge in [0.2, 0.25) is 0 Å². The van der Waals surface area contributed by atoms with E-state index in [0.717, 1.165) is 89.2 Å². The van der Waals surface area contributed by atoms with Crippen LogP contribution in [0.2, 0.25) is 0 Å². The van der Waals surface area contributed by atoms with Gasteiger partial charge in [0, 0.05) is 51.7 Å². The van der Waals surface area contributed by atoms with E-state index in [1.165, 1.54) is 0 Å².